The van der Waals surface area contributed by atoms with Crippen molar-refractivity contribution in [2.24, 2.45) is 23.7 Å². The Balaban J connectivity index is 0.000000530. The molecule has 0 radical (unpaired) electrons. The van der Waals surface area contributed by atoms with Crippen molar-refractivity contribution in [3.05, 3.63) is 142 Å². The smallest absolute Gasteiger partial charge is 0.416 e. The highest BCUT2D eigenvalue weighted by Crippen LogP contribution is 2.45. The van der Waals surface area contributed by atoms with E-state index in [1.807, 2.05) is 41.5 Å². The van der Waals surface area contributed by atoms with E-state index in [1.165, 1.54) is 67.4 Å². The number of anilines is 2. The number of carbonyl (C=O) groups is 13. The van der Waals surface area contributed by atoms with Gasteiger partial charge in [0.2, 0.25) is 11.8 Å². The van der Waals surface area contributed by atoms with Gasteiger partial charge < -0.3 is 111 Å². The van der Waals surface area contributed by atoms with E-state index in [0.29, 0.717) is 167 Å². The zero-order valence-electron chi connectivity index (χ0n) is 84.4. The van der Waals surface area contributed by atoms with Crippen LogP contribution in [0.1, 0.15) is 189 Å². The molecule has 8 atom stereocenters. The predicted molar refractivity (Wildman–Crippen MR) is 521 cm³/mol. The van der Waals surface area contributed by atoms with Crippen molar-refractivity contribution in [3.63, 3.8) is 0 Å². The monoisotopic (exact) mass is 1990 g/mol. The van der Waals surface area contributed by atoms with Gasteiger partial charge in [-0.2, -0.15) is 0 Å². The molecular weight excluding hydrogens is 1840 g/mol. The molecule has 5 heterocycles. The zero-order chi connectivity index (χ0) is 103. The Bertz CT molecular complexity index is 4870. The average Bonchev–Trinajstić information content (AvgIpc) is 1.61. The number of hydrogen-bond donors (Lipinski definition) is 4. The number of nitrogens with zero attached hydrogens (tertiary/aromatic N) is 5. The molecule has 782 valence electrons. The highest BCUT2D eigenvalue weighted by Gasteiger charge is 2.48. The number of carbonyl (C=O) groups excluding carboxylic acids is 13. The minimum absolute atomic E-state index is 0.00247. The molecular formula is C104H145N7O31. The number of amides is 8. The molecule has 38 nitrogen and oxygen atoms in total. The lowest BCUT2D eigenvalue weighted by molar-refractivity contribution is -0.137. The van der Waals surface area contributed by atoms with E-state index in [1.54, 1.807) is 81.9 Å². The van der Waals surface area contributed by atoms with Crippen LogP contribution < -0.4 is 39.4 Å². The fraction of sp³-hybridized carbons (Fsp3) is 0.587. The first-order valence-electron chi connectivity index (χ1n) is 48.8. The van der Waals surface area contributed by atoms with Crippen molar-refractivity contribution in [1.29, 1.82) is 0 Å². The minimum atomic E-state index is -1.56. The number of ketones is 5. The Morgan fingerprint density at radius 1 is 0.423 bits per heavy atom. The number of benzene rings is 4. The number of aliphatic hydroxyl groups excluding tert-OH is 2. The largest absolute Gasteiger partial charge is 0.493 e. The first-order chi connectivity index (χ1) is 68.3. The molecule has 8 amide bonds. The summed E-state index contributed by atoms with van der Waals surface area (Å²) in [5.74, 6) is -3.87. The molecule has 0 bridgehead atoms. The third-order valence-corrected chi connectivity index (χ3v) is 24.0. The van der Waals surface area contributed by atoms with Gasteiger partial charge in [0.15, 0.2) is 47.0 Å². The number of aliphatic hydroxyl groups is 2. The maximum atomic E-state index is 14.4. The second kappa shape index (κ2) is 61.7. The van der Waals surface area contributed by atoms with E-state index in [0.717, 1.165) is 38.9 Å². The number of hydrogen-bond acceptors (Lipinski definition) is 31. The number of Topliss-reactive ketones (excluding diaryl/α,β-unsaturated/α-hetero) is 5. The number of ether oxygens (including phenoxy) is 16. The van der Waals surface area contributed by atoms with E-state index < -0.39 is 72.5 Å². The maximum absolute atomic E-state index is 14.4. The van der Waals surface area contributed by atoms with Crippen LogP contribution in [0.4, 0.5) is 21.0 Å². The van der Waals surface area contributed by atoms with Crippen molar-refractivity contribution in [2.45, 2.75) is 209 Å². The molecule has 4 aromatic rings. The first-order valence-corrected chi connectivity index (χ1v) is 48.8. The van der Waals surface area contributed by atoms with Gasteiger partial charge in [-0.3, -0.25) is 52.8 Å². The van der Waals surface area contributed by atoms with Gasteiger partial charge in [0.1, 0.15) is 30.6 Å². The molecule has 0 fully saturated rings. The van der Waals surface area contributed by atoms with Gasteiger partial charge in [0.05, 0.1) is 186 Å². The van der Waals surface area contributed by atoms with Crippen LogP contribution in [0.25, 0.3) is 0 Å². The lowest BCUT2D eigenvalue weighted by Gasteiger charge is -2.31. The Kier molecular flexibility index (Phi) is 50.4. The quantitative estimate of drug-likeness (QED) is 0.0236. The molecule has 5 aliphatic heterocycles. The molecule has 0 aromatic heterocycles. The summed E-state index contributed by atoms with van der Waals surface area (Å²) >= 11 is 0. The zero-order valence-corrected chi connectivity index (χ0v) is 84.4. The van der Waals surface area contributed by atoms with Crippen LogP contribution in [-0.4, -0.2) is 305 Å². The van der Waals surface area contributed by atoms with E-state index in [-0.39, 0.29) is 201 Å². The molecule has 0 saturated heterocycles. The molecule has 142 heavy (non-hydrogen) atoms. The van der Waals surface area contributed by atoms with Crippen LogP contribution in [0.5, 0.6) is 23.0 Å². The fourth-order valence-corrected chi connectivity index (χ4v) is 16.0. The van der Waals surface area contributed by atoms with Crippen LogP contribution in [0.2, 0.25) is 0 Å². The van der Waals surface area contributed by atoms with E-state index in [2.05, 4.69) is 17.6 Å². The van der Waals surface area contributed by atoms with Gasteiger partial charge in [-0.15, -0.1) is 0 Å². The number of fused-ring (bicyclic) bond motifs is 4. The van der Waals surface area contributed by atoms with Crippen LogP contribution in [0.15, 0.2) is 108 Å². The summed E-state index contributed by atoms with van der Waals surface area (Å²) in [6, 6.07) is 16.1. The van der Waals surface area contributed by atoms with Gasteiger partial charge in [0.25, 0.3) is 23.6 Å². The number of imide groups is 1. The second-order valence-corrected chi connectivity index (χ2v) is 35.9. The predicted octanol–water partition coefficient (Wildman–Crippen LogP) is 10.5. The van der Waals surface area contributed by atoms with E-state index in [9.17, 15) is 72.5 Å². The number of rotatable bonds is 66. The summed E-state index contributed by atoms with van der Waals surface area (Å²) in [7, 11) is 4.39. The summed E-state index contributed by atoms with van der Waals surface area (Å²) < 4.78 is 89.4. The molecule has 4 N–H and O–H groups in total. The Labute approximate surface area is 831 Å². The fourth-order valence-electron chi connectivity index (χ4n) is 16.0. The summed E-state index contributed by atoms with van der Waals surface area (Å²) in [5.41, 5.74) is 4.18. The van der Waals surface area contributed by atoms with Gasteiger partial charge in [-0.25, -0.2) is 19.4 Å². The second-order valence-electron chi connectivity index (χ2n) is 35.9. The minimum Gasteiger partial charge on any atom is -0.493 e. The van der Waals surface area contributed by atoms with Crippen molar-refractivity contribution in [3.8, 4) is 23.0 Å². The SMILES string of the molecule is CCCOCCOCCOCCOCCOCCOCCOCCOCCCC(=O)CCN1C(=O)C=CC1=O.COCCOCCC(=O)CC(C(=O)N[C@@H](C)C(=O)Cc1ccc(COC(=O)N2c3cc(OCCCCCOc4cc5c(cc4OC)C(=O)N4C=C(C)C[C@H]4[C@H](O)N5C(=O)OCc4ccc(CC(=O)[C@H](C)NC(=O)[C@@H](CC(C)=O)C(C)C)cc4)c(OC)cc3C(=O)N3C=C(C)C[C@H]3[C@@H]2O)cc1)C(C)C. The van der Waals surface area contributed by atoms with Gasteiger partial charge in [0, 0.05) is 120 Å². The number of unbranched alkanes of at least 4 members (excludes halogenated alkanes) is 2. The van der Waals surface area contributed by atoms with Crippen molar-refractivity contribution in [2.75, 3.05) is 176 Å². The summed E-state index contributed by atoms with van der Waals surface area (Å²) in [6.45, 7) is 27.0. The molecule has 4 aromatic carbocycles. The Morgan fingerprint density at radius 3 is 1.18 bits per heavy atom. The number of methoxy groups -OCH3 is 3. The Morgan fingerprint density at radius 2 is 0.796 bits per heavy atom. The van der Waals surface area contributed by atoms with Crippen LogP contribution >= 0.6 is 0 Å². The highest BCUT2D eigenvalue weighted by atomic mass is 16.6. The highest BCUT2D eigenvalue weighted by molar-refractivity contribution is 6.13. The van der Waals surface area contributed by atoms with Crippen molar-refractivity contribution >= 4 is 87.9 Å². The molecule has 5 aliphatic rings. The van der Waals surface area contributed by atoms with Gasteiger partial charge in [-0.05, 0) is 126 Å². The van der Waals surface area contributed by atoms with Gasteiger partial charge >= 0.3 is 12.2 Å². The molecule has 1 unspecified atom stereocenters. The first kappa shape index (κ1) is 116. The third kappa shape index (κ3) is 37.2. The lowest BCUT2D eigenvalue weighted by atomic mass is 9.88. The van der Waals surface area contributed by atoms with Crippen LogP contribution in [0.3, 0.4) is 0 Å². The van der Waals surface area contributed by atoms with E-state index in [4.69, 9.17) is 75.8 Å². The molecule has 38 heteroatoms. The normalized spacial score (nSPS) is 16.7. The van der Waals surface area contributed by atoms with E-state index >= 15 is 0 Å². The number of nitrogens with one attached hydrogen (secondary N) is 2. The lowest BCUT2D eigenvalue weighted by Crippen LogP contribution is -2.50. The molecule has 0 aliphatic carbocycles. The standard InChI is InChI=1S/C77H98N6O20.C27H47NO11/c1-44(2)56(32-48(7)84)70(88)78-49(8)64(86)33-51-16-20-53(21-17-51)42-102-76(94)82-60-38-68(66(97-11)36-58(60)72(90)80-40-46(5)30-62(80)74(82)92)100-25-14-13-15-26-101-69-39-61-59(37-67(69)98-12)73(91)81-41-47(6)31-63(81)75(93)83(61)77(95)103-43-54-22-18-52(19-23-54)34-65(87)50(9)79-71(89)57(45(3)4)35-55(85)24-27-99-29-28-96-10;1-2-9-32-11-13-34-15-17-36-19-21-38-23-24-39-22-20-37-18-16-35-14-12-33-10-3-4-25(29)7-8-28-26(30)5-6-27(28)31/h16-23,36-41,44-45,49-50,56-57,62-63,74-75,92-93H,13-15,24-35,42-43H2,1-12H3,(H,78,88)(H,79,89);5-6H,2-4,7-24H2,1H3/t49-,50-,56-,57?,62-,63-,74-,75-;/m0./s1. The average molecular weight is 1990 g/mol. The van der Waals surface area contributed by atoms with Crippen molar-refractivity contribution in [1.82, 2.24) is 25.3 Å². The van der Waals surface area contributed by atoms with Crippen molar-refractivity contribution < 1.29 is 148 Å². The van der Waals surface area contributed by atoms with Gasteiger partial charge in [-0.1, -0.05) is 94.3 Å². The molecule has 9 rings (SSSR count). The summed E-state index contributed by atoms with van der Waals surface area (Å²) in [4.78, 5) is 175. The summed E-state index contributed by atoms with van der Waals surface area (Å²) in [5, 5.41) is 29.6. The van der Waals surface area contributed by atoms with Crippen LogP contribution in [-0.2, 0) is 126 Å². The molecule has 0 saturated carbocycles. The third-order valence-electron chi connectivity index (χ3n) is 24.0. The topological polar surface area (TPSA) is 450 Å². The maximum Gasteiger partial charge on any atom is 0.416 e. The molecule has 0 spiro atoms. The van der Waals surface area contributed by atoms with Crippen LogP contribution in [0, 0.1) is 23.7 Å². The Hall–Kier alpha value is -11.3. The summed E-state index contributed by atoms with van der Waals surface area (Å²) in [6.07, 6.45) is 5.14.